The molecule has 1 atom stereocenters. The lowest BCUT2D eigenvalue weighted by Gasteiger charge is -2.28. The molecule has 2 aromatic carbocycles. The number of ether oxygens (including phenoxy) is 4. The van der Waals surface area contributed by atoms with Gasteiger partial charge in [-0.2, -0.15) is 4.98 Å². The van der Waals surface area contributed by atoms with Gasteiger partial charge in [0.1, 0.15) is 18.0 Å². The molecule has 2 fully saturated rings. The van der Waals surface area contributed by atoms with Crippen LogP contribution in [0.25, 0.3) is 10.9 Å². The maximum atomic E-state index is 13.2. The van der Waals surface area contributed by atoms with Crippen LogP contribution in [0.3, 0.4) is 0 Å². The van der Waals surface area contributed by atoms with Crippen LogP contribution in [-0.2, 0) is 16.1 Å². The monoisotopic (exact) mass is 636 g/mol. The summed E-state index contributed by atoms with van der Waals surface area (Å²) in [7, 11) is 3.19. The summed E-state index contributed by atoms with van der Waals surface area (Å²) in [5, 5.41) is 7.83. The molecule has 6 N–H and O–H groups in total. The Bertz CT molecular complexity index is 1410. The summed E-state index contributed by atoms with van der Waals surface area (Å²) in [6.45, 7) is 6.82. The van der Waals surface area contributed by atoms with Crippen LogP contribution in [0.1, 0.15) is 89.2 Å². The van der Waals surface area contributed by atoms with Crippen molar-refractivity contribution in [3.8, 4) is 17.2 Å². The summed E-state index contributed by atoms with van der Waals surface area (Å²) in [6, 6.07) is 7.55. The van der Waals surface area contributed by atoms with Crippen molar-refractivity contribution in [3.63, 3.8) is 0 Å². The van der Waals surface area contributed by atoms with E-state index in [1.54, 1.807) is 14.2 Å². The van der Waals surface area contributed by atoms with Gasteiger partial charge in [-0.15, -0.1) is 0 Å². The number of aryl methyl sites for hydroxylation is 1. The van der Waals surface area contributed by atoms with E-state index in [0.29, 0.717) is 54.2 Å². The van der Waals surface area contributed by atoms with Crippen LogP contribution < -0.4 is 36.3 Å². The maximum Gasteiger partial charge on any atom is 0.323 e. The number of fused-ring (bicyclic) bond motifs is 1. The molecule has 0 saturated heterocycles. The van der Waals surface area contributed by atoms with Crippen molar-refractivity contribution in [2.24, 2.45) is 0 Å². The molecule has 2 aliphatic rings. The van der Waals surface area contributed by atoms with Gasteiger partial charge in [0, 0.05) is 42.2 Å². The molecule has 0 aliphatic heterocycles. The maximum absolute atomic E-state index is 13.2. The summed E-state index contributed by atoms with van der Waals surface area (Å²) in [5.41, 5.74) is 15.5. The molecule has 1 heterocycles. The van der Waals surface area contributed by atoms with Gasteiger partial charge >= 0.3 is 5.97 Å². The van der Waals surface area contributed by atoms with E-state index in [1.165, 1.54) is 19.3 Å². The van der Waals surface area contributed by atoms with Gasteiger partial charge in [0.15, 0.2) is 11.5 Å². The van der Waals surface area contributed by atoms with Gasteiger partial charge in [-0.25, -0.2) is 4.98 Å². The topological polar surface area (TPSA) is 156 Å². The van der Waals surface area contributed by atoms with Crippen LogP contribution in [0.15, 0.2) is 24.3 Å². The molecule has 0 radical (unpaired) electrons. The molecule has 1 unspecified atom stereocenters. The first kappa shape index (κ1) is 34.9. The van der Waals surface area contributed by atoms with Gasteiger partial charge in [0.05, 0.1) is 26.3 Å². The highest BCUT2D eigenvalue weighted by Gasteiger charge is 2.28. The van der Waals surface area contributed by atoms with Gasteiger partial charge in [-0.1, -0.05) is 39.2 Å². The third kappa shape index (κ3) is 8.84. The molecule has 2 saturated carbocycles. The Labute approximate surface area is 273 Å². The van der Waals surface area contributed by atoms with Crippen molar-refractivity contribution in [2.45, 2.75) is 110 Å². The Morgan fingerprint density at radius 1 is 0.957 bits per heavy atom. The average molecular weight is 637 g/mol. The van der Waals surface area contributed by atoms with Crippen LogP contribution >= 0.6 is 0 Å². The normalized spacial score (nSPS) is 15.9. The second-order valence-electron chi connectivity index (χ2n) is 11.8. The zero-order chi connectivity index (χ0) is 33.1. The third-order valence-corrected chi connectivity index (χ3v) is 8.79. The second kappa shape index (κ2) is 17.1. The molecular formula is C35H52N6O5. The van der Waals surface area contributed by atoms with Crippen molar-refractivity contribution in [3.05, 3.63) is 35.4 Å². The number of esters is 1. The van der Waals surface area contributed by atoms with E-state index in [0.717, 1.165) is 60.7 Å². The van der Waals surface area contributed by atoms with E-state index in [2.05, 4.69) is 20.6 Å². The van der Waals surface area contributed by atoms with Crippen LogP contribution in [0.2, 0.25) is 0 Å². The summed E-state index contributed by atoms with van der Waals surface area (Å²) >= 11 is 0. The molecule has 2 aliphatic carbocycles. The van der Waals surface area contributed by atoms with E-state index in [4.69, 9.17) is 30.4 Å². The fraction of sp³-hybridized carbons (Fsp3) is 0.571. The number of nitrogen functional groups attached to an aromatic ring is 2. The quantitative estimate of drug-likeness (QED) is 0.156. The van der Waals surface area contributed by atoms with Crippen molar-refractivity contribution < 1.29 is 23.7 Å². The molecule has 46 heavy (non-hydrogen) atoms. The number of benzene rings is 2. The van der Waals surface area contributed by atoms with E-state index in [-0.39, 0.29) is 18.0 Å². The van der Waals surface area contributed by atoms with Gasteiger partial charge in [-0.3, -0.25) is 4.79 Å². The molecule has 1 aromatic heterocycles. The first-order valence-corrected chi connectivity index (χ1v) is 16.8. The number of nitrogens with one attached hydrogen (secondary N) is 2. The number of nitrogens with two attached hydrogens (primary N) is 2. The second-order valence-corrected chi connectivity index (χ2v) is 11.8. The van der Waals surface area contributed by atoms with Crippen molar-refractivity contribution >= 4 is 34.3 Å². The SMILES string of the molecule is CC.COc1cc(NCc2ccc3nc(N)nc(N)c3c2C)cc(OC)c1OCCC(NC1CCCCC1)C(=O)OC1CCCC1. The zero-order valence-electron chi connectivity index (χ0n) is 28.1. The Kier molecular flexibility index (Phi) is 12.9. The Morgan fingerprint density at radius 3 is 2.26 bits per heavy atom. The predicted octanol–water partition coefficient (Wildman–Crippen LogP) is 6.30. The van der Waals surface area contributed by atoms with Crippen LogP contribution in [0.5, 0.6) is 17.2 Å². The number of aromatic nitrogens is 2. The summed E-state index contributed by atoms with van der Waals surface area (Å²) in [5.74, 6) is 1.89. The van der Waals surface area contributed by atoms with Gasteiger partial charge in [0.25, 0.3) is 0 Å². The van der Waals surface area contributed by atoms with Crippen molar-refractivity contribution in [1.82, 2.24) is 15.3 Å². The van der Waals surface area contributed by atoms with E-state index in [1.807, 2.05) is 45.0 Å². The number of carbonyl (C=O) groups is 1. The number of rotatable bonds is 13. The number of hydrogen-bond donors (Lipinski definition) is 4. The fourth-order valence-corrected chi connectivity index (χ4v) is 6.35. The smallest absolute Gasteiger partial charge is 0.323 e. The van der Waals surface area contributed by atoms with Crippen molar-refractivity contribution in [1.29, 1.82) is 0 Å². The number of hydrogen-bond acceptors (Lipinski definition) is 11. The molecule has 0 spiro atoms. The van der Waals surface area contributed by atoms with E-state index in [9.17, 15) is 4.79 Å². The number of carbonyl (C=O) groups excluding carboxylic acids is 1. The number of methoxy groups -OCH3 is 2. The van der Waals surface area contributed by atoms with Crippen LogP contribution in [0, 0.1) is 6.92 Å². The lowest BCUT2D eigenvalue weighted by atomic mass is 9.94. The minimum Gasteiger partial charge on any atom is -0.493 e. The minimum atomic E-state index is -0.419. The Morgan fingerprint density at radius 2 is 1.61 bits per heavy atom. The molecule has 5 rings (SSSR count). The highest BCUT2D eigenvalue weighted by atomic mass is 16.5. The predicted molar refractivity (Wildman–Crippen MR) is 184 cm³/mol. The average Bonchev–Trinajstić information content (AvgIpc) is 3.58. The zero-order valence-corrected chi connectivity index (χ0v) is 28.1. The first-order valence-electron chi connectivity index (χ1n) is 16.8. The van der Waals surface area contributed by atoms with E-state index >= 15 is 0 Å². The fourth-order valence-electron chi connectivity index (χ4n) is 6.35. The minimum absolute atomic E-state index is 0.0298. The standard InChI is InChI=1S/C33H46N6O5.C2H6/c1-20-21(13-14-25-29(20)31(34)39-33(35)38-25)19-36-23-17-27(41-2)30(28(18-23)42-3)43-16-15-26(37-22-9-5-4-6-10-22)32(40)44-24-11-7-8-12-24;1-2/h13-14,17-18,22,24,26,36-37H,4-12,15-16,19H2,1-3H3,(H4,34,35,38,39);1-2H3. The summed E-state index contributed by atoms with van der Waals surface area (Å²) in [6.07, 6.45) is 10.4. The molecule has 3 aromatic rings. The summed E-state index contributed by atoms with van der Waals surface area (Å²) in [4.78, 5) is 21.6. The Hall–Kier alpha value is -3.99. The highest BCUT2D eigenvalue weighted by molar-refractivity contribution is 5.92. The van der Waals surface area contributed by atoms with Crippen molar-refractivity contribution in [2.75, 3.05) is 37.6 Å². The van der Waals surface area contributed by atoms with Crippen LogP contribution in [0.4, 0.5) is 17.5 Å². The third-order valence-electron chi connectivity index (χ3n) is 8.79. The lowest BCUT2D eigenvalue weighted by Crippen LogP contribution is -2.46. The lowest BCUT2D eigenvalue weighted by molar-refractivity contribution is -0.152. The van der Waals surface area contributed by atoms with Gasteiger partial charge < -0.3 is 41.0 Å². The molecule has 11 heteroatoms. The van der Waals surface area contributed by atoms with Gasteiger partial charge in [-0.05, 0) is 62.6 Å². The largest absolute Gasteiger partial charge is 0.493 e. The number of anilines is 3. The Balaban J connectivity index is 0.00000235. The highest BCUT2D eigenvalue weighted by Crippen LogP contribution is 2.41. The molecule has 0 amide bonds. The molecule has 11 nitrogen and oxygen atoms in total. The first-order chi connectivity index (χ1) is 22.4. The van der Waals surface area contributed by atoms with Crippen LogP contribution in [-0.4, -0.2) is 55.0 Å². The number of nitrogens with zero attached hydrogens (tertiary/aromatic N) is 2. The van der Waals surface area contributed by atoms with Gasteiger partial charge in [0.2, 0.25) is 11.7 Å². The molecular weight excluding hydrogens is 584 g/mol. The van der Waals surface area contributed by atoms with E-state index < -0.39 is 6.04 Å². The molecule has 0 bridgehead atoms. The summed E-state index contributed by atoms with van der Waals surface area (Å²) < 4.78 is 23.5. The molecule has 252 valence electrons.